The summed E-state index contributed by atoms with van der Waals surface area (Å²) in [4.78, 5) is 12.4. The second kappa shape index (κ2) is 3.56. The standard InChI is InChI=1S/C16H14O/c1-3-10(2)14-12-8-4-6-11-7-5-9-13(15(11)12)16(14)17/h3-10,14H,1H2,2H3. The Morgan fingerprint density at radius 3 is 2.65 bits per heavy atom. The van der Waals surface area contributed by atoms with Gasteiger partial charge < -0.3 is 0 Å². The van der Waals surface area contributed by atoms with E-state index in [0.29, 0.717) is 0 Å². The Morgan fingerprint density at radius 1 is 1.24 bits per heavy atom. The summed E-state index contributed by atoms with van der Waals surface area (Å²) in [6, 6.07) is 12.1. The van der Waals surface area contributed by atoms with Crippen LogP contribution in [0, 0.1) is 5.92 Å². The summed E-state index contributed by atoms with van der Waals surface area (Å²) in [7, 11) is 0. The van der Waals surface area contributed by atoms with Gasteiger partial charge in [0.1, 0.15) is 0 Å². The maximum absolute atomic E-state index is 12.4. The van der Waals surface area contributed by atoms with E-state index in [2.05, 4.69) is 31.7 Å². The van der Waals surface area contributed by atoms with Crippen molar-refractivity contribution in [1.82, 2.24) is 0 Å². The first-order valence-electron chi connectivity index (χ1n) is 5.92. The van der Waals surface area contributed by atoms with E-state index in [9.17, 15) is 4.79 Å². The lowest BCUT2D eigenvalue weighted by molar-refractivity contribution is 0.0953. The maximum Gasteiger partial charge on any atom is 0.171 e. The highest BCUT2D eigenvalue weighted by atomic mass is 16.1. The number of hydrogen-bond acceptors (Lipinski definition) is 1. The minimum Gasteiger partial charge on any atom is -0.293 e. The molecule has 3 rings (SSSR count). The largest absolute Gasteiger partial charge is 0.293 e. The number of Topliss-reactive ketones (excluding diaryl/α,β-unsaturated/α-hetero) is 1. The maximum atomic E-state index is 12.4. The second-order valence-corrected chi connectivity index (χ2v) is 4.69. The topological polar surface area (TPSA) is 17.1 Å². The first-order chi connectivity index (χ1) is 8.24. The monoisotopic (exact) mass is 222 g/mol. The van der Waals surface area contributed by atoms with E-state index in [0.717, 1.165) is 21.9 Å². The molecule has 1 aliphatic rings. The third-order valence-corrected chi connectivity index (χ3v) is 3.72. The molecule has 0 heterocycles. The fourth-order valence-corrected chi connectivity index (χ4v) is 2.80. The number of allylic oxidation sites excluding steroid dienone is 1. The summed E-state index contributed by atoms with van der Waals surface area (Å²) in [5, 5.41) is 2.30. The lowest BCUT2D eigenvalue weighted by Crippen LogP contribution is -2.13. The molecule has 0 fully saturated rings. The van der Waals surface area contributed by atoms with Crippen molar-refractivity contribution in [3.8, 4) is 0 Å². The Morgan fingerprint density at radius 2 is 1.94 bits per heavy atom. The molecule has 2 unspecified atom stereocenters. The van der Waals surface area contributed by atoms with Gasteiger partial charge in [-0.05, 0) is 22.3 Å². The van der Waals surface area contributed by atoms with Crippen LogP contribution in [0.5, 0.6) is 0 Å². The quantitative estimate of drug-likeness (QED) is 0.703. The molecule has 84 valence electrons. The molecule has 0 radical (unpaired) electrons. The molecular weight excluding hydrogens is 208 g/mol. The molecule has 0 aliphatic heterocycles. The molecule has 0 spiro atoms. The van der Waals surface area contributed by atoms with Gasteiger partial charge >= 0.3 is 0 Å². The van der Waals surface area contributed by atoms with Gasteiger partial charge in [-0.2, -0.15) is 0 Å². The summed E-state index contributed by atoms with van der Waals surface area (Å²) in [5.74, 6) is 0.373. The van der Waals surface area contributed by atoms with Crippen molar-refractivity contribution >= 4 is 16.6 Å². The number of carbonyl (C=O) groups is 1. The Hall–Kier alpha value is -1.89. The minimum atomic E-state index is -0.0476. The van der Waals surface area contributed by atoms with Crippen LogP contribution in [0.1, 0.15) is 28.8 Å². The Balaban J connectivity index is 2.34. The van der Waals surface area contributed by atoms with Gasteiger partial charge in [0.25, 0.3) is 0 Å². The molecule has 2 atom stereocenters. The van der Waals surface area contributed by atoms with E-state index in [4.69, 9.17) is 0 Å². The molecule has 1 nitrogen and oxygen atoms in total. The third-order valence-electron chi connectivity index (χ3n) is 3.72. The highest BCUT2D eigenvalue weighted by molar-refractivity contribution is 6.18. The zero-order chi connectivity index (χ0) is 12.0. The first-order valence-corrected chi connectivity index (χ1v) is 5.92. The SMILES string of the molecule is C=CC(C)C1C(=O)c2cccc3cccc1c23. The van der Waals surface area contributed by atoms with Crippen LogP contribution in [0.3, 0.4) is 0 Å². The van der Waals surface area contributed by atoms with Gasteiger partial charge in [0.05, 0.1) is 5.92 Å². The van der Waals surface area contributed by atoms with Crippen LogP contribution >= 0.6 is 0 Å². The van der Waals surface area contributed by atoms with Crippen molar-refractivity contribution in [2.45, 2.75) is 12.8 Å². The van der Waals surface area contributed by atoms with Gasteiger partial charge in [-0.1, -0.05) is 49.4 Å². The number of rotatable bonds is 2. The first kappa shape index (κ1) is 10.3. The average Bonchev–Trinajstić information content (AvgIpc) is 2.65. The highest BCUT2D eigenvalue weighted by Crippen LogP contribution is 2.42. The van der Waals surface area contributed by atoms with Crippen LogP contribution < -0.4 is 0 Å². The van der Waals surface area contributed by atoms with Gasteiger partial charge in [-0.3, -0.25) is 4.79 Å². The summed E-state index contributed by atoms with van der Waals surface area (Å²) in [5.41, 5.74) is 2.03. The van der Waals surface area contributed by atoms with Gasteiger partial charge in [-0.25, -0.2) is 0 Å². The molecule has 0 saturated carbocycles. The van der Waals surface area contributed by atoms with Crippen LogP contribution in [0.4, 0.5) is 0 Å². The Bertz CT molecular complexity index is 619. The Kier molecular flexibility index (Phi) is 2.15. The molecule has 0 amide bonds. The molecule has 0 aromatic heterocycles. The Labute approximate surface area is 101 Å². The highest BCUT2D eigenvalue weighted by Gasteiger charge is 2.34. The smallest absolute Gasteiger partial charge is 0.171 e. The number of benzene rings is 2. The predicted molar refractivity (Wildman–Crippen MR) is 70.4 cm³/mol. The molecule has 1 aliphatic carbocycles. The summed E-state index contributed by atoms with van der Waals surface area (Å²) >= 11 is 0. The van der Waals surface area contributed by atoms with Crippen LogP contribution in [0.2, 0.25) is 0 Å². The van der Waals surface area contributed by atoms with Crippen molar-refractivity contribution < 1.29 is 4.79 Å². The molecule has 17 heavy (non-hydrogen) atoms. The van der Waals surface area contributed by atoms with Crippen LogP contribution in [0.15, 0.2) is 49.1 Å². The van der Waals surface area contributed by atoms with E-state index in [1.165, 1.54) is 0 Å². The summed E-state index contributed by atoms with van der Waals surface area (Å²) in [6.07, 6.45) is 1.87. The number of carbonyl (C=O) groups excluding carboxylic acids is 1. The van der Waals surface area contributed by atoms with Crippen molar-refractivity contribution in [3.63, 3.8) is 0 Å². The van der Waals surface area contributed by atoms with Crippen LogP contribution in [-0.2, 0) is 0 Å². The molecular formula is C16H14O. The second-order valence-electron chi connectivity index (χ2n) is 4.69. The molecule has 2 aromatic rings. The molecule has 0 saturated heterocycles. The van der Waals surface area contributed by atoms with E-state index >= 15 is 0 Å². The molecule has 0 N–H and O–H groups in total. The molecule has 1 heteroatoms. The third kappa shape index (κ3) is 1.29. The fourth-order valence-electron chi connectivity index (χ4n) is 2.80. The predicted octanol–water partition coefficient (Wildman–Crippen LogP) is 3.94. The normalized spacial score (nSPS) is 19.6. The van der Waals surface area contributed by atoms with E-state index in [1.807, 2.05) is 24.3 Å². The van der Waals surface area contributed by atoms with E-state index < -0.39 is 0 Å². The van der Waals surface area contributed by atoms with Gasteiger partial charge in [-0.15, -0.1) is 6.58 Å². The number of hydrogen-bond donors (Lipinski definition) is 0. The van der Waals surface area contributed by atoms with Crippen molar-refractivity contribution in [1.29, 1.82) is 0 Å². The summed E-state index contributed by atoms with van der Waals surface area (Å²) in [6.45, 7) is 5.87. The molecule has 2 aromatic carbocycles. The van der Waals surface area contributed by atoms with Crippen LogP contribution in [0.25, 0.3) is 10.8 Å². The van der Waals surface area contributed by atoms with Crippen LogP contribution in [-0.4, -0.2) is 5.78 Å². The lowest BCUT2D eigenvalue weighted by atomic mass is 9.87. The van der Waals surface area contributed by atoms with Gasteiger partial charge in [0.15, 0.2) is 5.78 Å². The zero-order valence-electron chi connectivity index (χ0n) is 9.81. The minimum absolute atomic E-state index is 0.0476. The average molecular weight is 222 g/mol. The zero-order valence-corrected chi connectivity index (χ0v) is 9.81. The lowest BCUT2D eigenvalue weighted by Gasteiger charge is -2.15. The molecule has 0 bridgehead atoms. The fraction of sp³-hybridized carbons (Fsp3) is 0.188. The van der Waals surface area contributed by atoms with Crippen molar-refractivity contribution in [2.75, 3.05) is 0 Å². The van der Waals surface area contributed by atoms with E-state index in [1.54, 1.807) is 0 Å². The summed E-state index contributed by atoms with van der Waals surface area (Å²) < 4.78 is 0. The van der Waals surface area contributed by atoms with Crippen molar-refractivity contribution in [3.05, 3.63) is 60.2 Å². The van der Waals surface area contributed by atoms with E-state index in [-0.39, 0.29) is 17.6 Å². The van der Waals surface area contributed by atoms with Gasteiger partial charge in [0.2, 0.25) is 0 Å². The van der Waals surface area contributed by atoms with Crippen molar-refractivity contribution in [2.24, 2.45) is 5.92 Å². The number of ketones is 1. The van der Waals surface area contributed by atoms with Gasteiger partial charge in [0, 0.05) is 5.56 Å².